The van der Waals surface area contributed by atoms with Gasteiger partial charge in [0.25, 0.3) is 0 Å². The van der Waals surface area contributed by atoms with Gasteiger partial charge in [0.1, 0.15) is 11.4 Å². The molecule has 1 amide bonds. The number of piperidine rings is 1. The fourth-order valence-corrected chi connectivity index (χ4v) is 4.12. The summed E-state index contributed by atoms with van der Waals surface area (Å²) >= 11 is 0. The van der Waals surface area contributed by atoms with Gasteiger partial charge in [0.2, 0.25) is 5.91 Å². The summed E-state index contributed by atoms with van der Waals surface area (Å²) in [5.41, 5.74) is 1.39. The maximum atomic E-state index is 12.6. The molecule has 2 heterocycles. The van der Waals surface area contributed by atoms with Crippen LogP contribution in [-0.2, 0) is 9.53 Å². The minimum Gasteiger partial charge on any atom is -0.497 e. The molecule has 2 N–H and O–H groups in total. The Balaban J connectivity index is 1.74. The van der Waals surface area contributed by atoms with Crippen molar-refractivity contribution in [1.29, 1.82) is 0 Å². The molecule has 0 saturated carbocycles. The molecular formula is C21H29N3O4. The smallest absolute Gasteiger partial charge is 0.356 e. The zero-order valence-electron chi connectivity index (χ0n) is 17.0. The lowest BCUT2D eigenvalue weighted by Crippen LogP contribution is -2.40. The minimum atomic E-state index is -0.524. The van der Waals surface area contributed by atoms with Crippen molar-refractivity contribution < 1.29 is 19.1 Å². The number of H-pyrrole nitrogens is 1. The van der Waals surface area contributed by atoms with Gasteiger partial charge in [0.05, 0.1) is 25.4 Å². The summed E-state index contributed by atoms with van der Waals surface area (Å²) in [6, 6.07) is 5.40. The number of benzene rings is 1. The third-order valence-corrected chi connectivity index (χ3v) is 5.26. The van der Waals surface area contributed by atoms with E-state index in [0.29, 0.717) is 41.8 Å². The number of carbonyl (C=O) groups is 2. The number of nitrogens with zero attached hydrogens (tertiary/aromatic N) is 1. The van der Waals surface area contributed by atoms with Crippen molar-refractivity contribution in [3.63, 3.8) is 0 Å². The van der Waals surface area contributed by atoms with Gasteiger partial charge in [0, 0.05) is 37.5 Å². The van der Waals surface area contributed by atoms with E-state index in [1.54, 1.807) is 19.2 Å². The van der Waals surface area contributed by atoms with E-state index in [1.165, 1.54) is 13.5 Å². The number of hydrogen-bond donors (Lipinski definition) is 2. The number of hydrogen-bond acceptors (Lipinski definition) is 5. The van der Waals surface area contributed by atoms with E-state index in [9.17, 15) is 9.59 Å². The summed E-state index contributed by atoms with van der Waals surface area (Å²) in [4.78, 5) is 30.2. The van der Waals surface area contributed by atoms with Crippen LogP contribution < -0.4 is 10.1 Å². The van der Waals surface area contributed by atoms with Crippen molar-refractivity contribution >= 4 is 28.5 Å². The zero-order valence-corrected chi connectivity index (χ0v) is 17.0. The molecule has 0 radical (unpaired) electrons. The number of amides is 1. The van der Waals surface area contributed by atoms with Crippen LogP contribution in [0, 0.1) is 11.8 Å². The fourth-order valence-electron chi connectivity index (χ4n) is 4.12. The lowest BCUT2D eigenvalue weighted by atomic mass is 9.92. The van der Waals surface area contributed by atoms with Crippen molar-refractivity contribution in [3.8, 4) is 5.75 Å². The largest absolute Gasteiger partial charge is 0.497 e. The third-order valence-electron chi connectivity index (χ3n) is 5.26. The standard InChI is InChI=1S/C21H29N3O4/c1-13-9-14(2)12-24(11-13)8-7-18(25)23-19-16-6-5-15(27-3)10-17(16)22-20(19)21(26)28-4/h5-6,10,13-14,22H,7-9,11-12H2,1-4H3,(H,23,25). The van der Waals surface area contributed by atoms with Crippen LogP contribution in [0.25, 0.3) is 10.9 Å². The molecule has 7 nitrogen and oxygen atoms in total. The Morgan fingerprint density at radius 1 is 1.21 bits per heavy atom. The Kier molecular flexibility index (Phi) is 6.24. The number of likely N-dealkylation sites (tertiary alicyclic amines) is 1. The highest BCUT2D eigenvalue weighted by Crippen LogP contribution is 2.31. The highest BCUT2D eigenvalue weighted by atomic mass is 16.5. The lowest BCUT2D eigenvalue weighted by Gasteiger charge is -2.34. The van der Waals surface area contributed by atoms with E-state index >= 15 is 0 Å². The Hall–Kier alpha value is -2.54. The highest BCUT2D eigenvalue weighted by Gasteiger charge is 2.23. The molecule has 0 spiro atoms. The van der Waals surface area contributed by atoms with Crippen LogP contribution in [-0.4, -0.2) is 55.6 Å². The van der Waals surface area contributed by atoms with E-state index in [-0.39, 0.29) is 11.6 Å². The van der Waals surface area contributed by atoms with Gasteiger partial charge >= 0.3 is 5.97 Å². The molecule has 28 heavy (non-hydrogen) atoms. The van der Waals surface area contributed by atoms with Gasteiger partial charge in [-0.2, -0.15) is 0 Å². The number of nitrogens with one attached hydrogen (secondary N) is 2. The van der Waals surface area contributed by atoms with E-state index < -0.39 is 5.97 Å². The van der Waals surface area contributed by atoms with Crippen LogP contribution >= 0.6 is 0 Å². The van der Waals surface area contributed by atoms with Crippen molar-refractivity contribution in [1.82, 2.24) is 9.88 Å². The lowest BCUT2D eigenvalue weighted by molar-refractivity contribution is -0.116. The first kappa shape index (κ1) is 20.2. The number of aromatic amines is 1. The van der Waals surface area contributed by atoms with E-state index in [1.807, 2.05) is 6.07 Å². The molecule has 0 bridgehead atoms. The second-order valence-corrected chi connectivity index (χ2v) is 7.78. The first-order valence-corrected chi connectivity index (χ1v) is 9.71. The first-order valence-electron chi connectivity index (χ1n) is 9.71. The van der Waals surface area contributed by atoms with Crippen LogP contribution in [0.3, 0.4) is 0 Å². The Labute approximate surface area is 165 Å². The van der Waals surface area contributed by atoms with Gasteiger partial charge < -0.3 is 24.7 Å². The number of fused-ring (bicyclic) bond motifs is 1. The molecule has 152 valence electrons. The average molecular weight is 387 g/mol. The number of aromatic nitrogens is 1. The average Bonchev–Trinajstić information content (AvgIpc) is 3.02. The molecule has 1 saturated heterocycles. The number of anilines is 1. The number of ether oxygens (including phenoxy) is 2. The maximum absolute atomic E-state index is 12.6. The highest BCUT2D eigenvalue weighted by molar-refractivity contribution is 6.11. The topological polar surface area (TPSA) is 83.7 Å². The summed E-state index contributed by atoms with van der Waals surface area (Å²) in [6.07, 6.45) is 1.62. The zero-order chi connectivity index (χ0) is 20.3. The molecule has 7 heteroatoms. The molecule has 1 aliphatic heterocycles. The predicted molar refractivity (Wildman–Crippen MR) is 109 cm³/mol. The van der Waals surface area contributed by atoms with Crippen LogP contribution in [0.2, 0.25) is 0 Å². The minimum absolute atomic E-state index is 0.118. The van der Waals surface area contributed by atoms with E-state index in [4.69, 9.17) is 9.47 Å². The summed E-state index contributed by atoms with van der Waals surface area (Å²) in [7, 11) is 2.90. The number of rotatable bonds is 6. The number of carbonyl (C=O) groups excluding carboxylic acids is 2. The van der Waals surface area contributed by atoms with Gasteiger partial charge in [-0.3, -0.25) is 4.79 Å². The maximum Gasteiger partial charge on any atom is 0.356 e. The van der Waals surface area contributed by atoms with Gasteiger partial charge in [0.15, 0.2) is 0 Å². The quantitative estimate of drug-likeness (QED) is 0.743. The summed E-state index contributed by atoms with van der Waals surface area (Å²) in [6.45, 7) is 7.28. The second kappa shape index (κ2) is 8.65. The second-order valence-electron chi connectivity index (χ2n) is 7.78. The van der Waals surface area contributed by atoms with Gasteiger partial charge in [-0.15, -0.1) is 0 Å². The van der Waals surface area contributed by atoms with Crippen molar-refractivity contribution in [2.24, 2.45) is 11.8 Å². The van der Waals surface area contributed by atoms with Crippen LogP contribution in [0.4, 0.5) is 5.69 Å². The van der Waals surface area contributed by atoms with Gasteiger partial charge in [-0.25, -0.2) is 4.79 Å². The molecule has 0 aliphatic carbocycles. The van der Waals surface area contributed by atoms with E-state index in [2.05, 4.69) is 29.0 Å². The Morgan fingerprint density at radius 2 is 1.93 bits per heavy atom. The Bertz CT molecular complexity index is 851. The molecule has 2 unspecified atom stereocenters. The number of esters is 1. The molecule has 2 aromatic rings. The van der Waals surface area contributed by atoms with Crippen LogP contribution in [0.1, 0.15) is 37.2 Å². The normalized spacial score (nSPS) is 20.1. The monoisotopic (exact) mass is 387 g/mol. The van der Waals surface area contributed by atoms with Crippen molar-refractivity contribution in [2.45, 2.75) is 26.7 Å². The SMILES string of the molecule is COC(=O)c1[nH]c2cc(OC)ccc2c1NC(=O)CCN1CC(C)CC(C)C1. The van der Waals surface area contributed by atoms with E-state index in [0.717, 1.165) is 18.5 Å². The molecule has 2 atom stereocenters. The molecule has 1 aliphatic rings. The summed E-state index contributed by atoms with van der Waals surface area (Å²) < 4.78 is 10.1. The molecule has 1 fully saturated rings. The molecule has 3 rings (SSSR count). The molecule has 1 aromatic heterocycles. The predicted octanol–water partition coefficient (Wildman–Crippen LogP) is 3.27. The first-order chi connectivity index (χ1) is 13.4. The molecule has 1 aromatic carbocycles. The van der Waals surface area contributed by atoms with Crippen molar-refractivity contribution in [2.75, 3.05) is 39.2 Å². The fraction of sp³-hybridized carbons (Fsp3) is 0.524. The summed E-state index contributed by atoms with van der Waals surface area (Å²) in [5, 5.41) is 3.65. The third kappa shape index (κ3) is 4.47. The van der Waals surface area contributed by atoms with Gasteiger partial charge in [-0.1, -0.05) is 13.8 Å². The molecular weight excluding hydrogens is 358 g/mol. The summed E-state index contributed by atoms with van der Waals surface area (Å²) in [5.74, 6) is 1.33. The van der Waals surface area contributed by atoms with Crippen molar-refractivity contribution in [3.05, 3.63) is 23.9 Å². The van der Waals surface area contributed by atoms with Crippen LogP contribution in [0.5, 0.6) is 5.75 Å². The number of methoxy groups -OCH3 is 2. The van der Waals surface area contributed by atoms with Gasteiger partial charge in [-0.05, 0) is 30.4 Å². The Morgan fingerprint density at radius 3 is 2.57 bits per heavy atom. The van der Waals surface area contributed by atoms with Crippen LogP contribution in [0.15, 0.2) is 18.2 Å².